The van der Waals surface area contributed by atoms with Crippen molar-refractivity contribution in [3.8, 4) is 11.5 Å². The smallest absolute Gasteiger partial charge is 0.253 e. The number of hydrogen-bond donors (Lipinski definition) is 0. The van der Waals surface area contributed by atoms with Crippen LogP contribution in [0.4, 0.5) is 0 Å². The second kappa shape index (κ2) is 5.52. The Morgan fingerprint density at radius 2 is 1.76 bits per heavy atom. The SMILES string of the molecule is COc1cc2sc(=NC(=O)C(C)(C)C)n(C)c2cc1OC. The van der Waals surface area contributed by atoms with Gasteiger partial charge < -0.3 is 14.0 Å². The Balaban J connectivity index is 2.66. The number of hydrogen-bond acceptors (Lipinski definition) is 4. The van der Waals surface area contributed by atoms with Gasteiger partial charge in [-0.1, -0.05) is 32.1 Å². The van der Waals surface area contributed by atoms with Crippen molar-refractivity contribution in [2.75, 3.05) is 14.2 Å². The van der Waals surface area contributed by atoms with E-state index in [0.29, 0.717) is 16.3 Å². The highest BCUT2D eigenvalue weighted by molar-refractivity contribution is 7.16. The highest BCUT2D eigenvalue weighted by Crippen LogP contribution is 2.33. The zero-order chi connectivity index (χ0) is 15.8. The molecule has 114 valence electrons. The van der Waals surface area contributed by atoms with Crippen molar-refractivity contribution in [3.63, 3.8) is 0 Å². The molecule has 5 nitrogen and oxygen atoms in total. The summed E-state index contributed by atoms with van der Waals surface area (Å²) in [5, 5.41) is 0. The lowest BCUT2D eigenvalue weighted by Crippen LogP contribution is -2.22. The molecule has 21 heavy (non-hydrogen) atoms. The van der Waals surface area contributed by atoms with Gasteiger partial charge in [0.25, 0.3) is 5.91 Å². The van der Waals surface area contributed by atoms with Crippen LogP contribution in [0.15, 0.2) is 17.1 Å². The molecule has 0 N–H and O–H groups in total. The molecule has 0 aliphatic heterocycles. The van der Waals surface area contributed by atoms with Gasteiger partial charge in [0.15, 0.2) is 16.3 Å². The molecule has 0 spiro atoms. The number of amides is 1. The van der Waals surface area contributed by atoms with Crippen molar-refractivity contribution in [3.05, 3.63) is 16.9 Å². The van der Waals surface area contributed by atoms with Crippen molar-refractivity contribution in [1.82, 2.24) is 4.57 Å². The zero-order valence-electron chi connectivity index (χ0n) is 13.2. The molecule has 1 amide bonds. The van der Waals surface area contributed by atoms with E-state index in [2.05, 4.69) is 4.99 Å². The van der Waals surface area contributed by atoms with E-state index in [1.54, 1.807) is 14.2 Å². The lowest BCUT2D eigenvalue weighted by Gasteiger charge is -2.11. The Morgan fingerprint density at radius 1 is 1.19 bits per heavy atom. The summed E-state index contributed by atoms with van der Waals surface area (Å²) in [4.78, 5) is 17.0. The van der Waals surface area contributed by atoms with Crippen LogP contribution in [0.25, 0.3) is 10.2 Å². The van der Waals surface area contributed by atoms with Crippen molar-refractivity contribution < 1.29 is 14.3 Å². The predicted molar refractivity (Wildman–Crippen MR) is 83.9 cm³/mol. The second-order valence-corrected chi connectivity index (χ2v) is 6.79. The Morgan fingerprint density at radius 3 is 2.29 bits per heavy atom. The maximum Gasteiger partial charge on any atom is 0.253 e. The van der Waals surface area contributed by atoms with Crippen LogP contribution in [0.3, 0.4) is 0 Å². The molecule has 0 unspecified atom stereocenters. The first kappa shape index (κ1) is 15.6. The summed E-state index contributed by atoms with van der Waals surface area (Å²) >= 11 is 1.46. The largest absolute Gasteiger partial charge is 0.493 e. The number of carbonyl (C=O) groups is 1. The summed E-state index contributed by atoms with van der Waals surface area (Å²) in [7, 11) is 5.09. The molecule has 2 rings (SSSR count). The van der Waals surface area contributed by atoms with Crippen LogP contribution in [0.5, 0.6) is 11.5 Å². The van der Waals surface area contributed by atoms with Gasteiger partial charge >= 0.3 is 0 Å². The molecule has 0 bridgehead atoms. The van der Waals surface area contributed by atoms with Gasteiger partial charge in [-0.25, -0.2) is 0 Å². The fraction of sp³-hybridized carbons (Fsp3) is 0.467. The number of fused-ring (bicyclic) bond motifs is 1. The van der Waals surface area contributed by atoms with Gasteiger partial charge in [0.05, 0.1) is 24.4 Å². The summed E-state index contributed by atoms with van der Waals surface area (Å²) in [6, 6.07) is 3.80. The number of thiazole rings is 1. The van der Waals surface area contributed by atoms with Crippen molar-refractivity contribution in [2.45, 2.75) is 20.8 Å². The van der Waals surface area contributed by atoms with Crippen molar-refractivity contribution in [1.29, 1.82) is 0 Å². The lowest BCUT2D eigenvalue weighted by atomic mass is 9.96. The van der Waals surface area contributed by atoms with E-state index in [0.717, 1.165) is 10.2 Å². The maximum absolute atomic E-state index is 12.1. The molecule has 1 aromatic heterocycles. The standard InChI is InChI=1S/C15H20N2O3S/c1-15(2,3)13(18)16-14-17(4)9-7-10(19-5)11(20-6)8-12(9)21-14/h7-8H,1-6H3. The lowest BCUT2D eigenvalue weighted by molar-refractivity contribution is -0.125. The Labute approximate surface area is 127 Å². The van der Waals surface area contributed by atoms with Crippen LogP contribution in [-0.2, 0) is 11.8 Å². The third-order valence-corrected chi connectivity index (χ3v) is 4.25. The third kappa shape index (κ3) is 2.95. The van der Waals surface area contributed by atoms with Gasteiger partial charge in [0, 0.05) is 24.6 Å². The van der Waals surface area contributed by atoms with E-state index < -0.39 is 5.41 Å². The maximum atomic E-state index is 12.1. The van der Waals surface area contributed by atoms with Crippen LogP contribution in [0.1, 0.15) is 20.8 Å². The molecule has 0 aliphatic rings. The number of aryl methyl sites for hydroxylation is 1. The topological polar surface area (TPSA) is 52.8 Å². The van der Waals surface area contributed by atoms with Crippen LogP contribution in [0, 0.1) is 5.41 Å². The van der Waals surface area contributed by atoms with E-state index in [1.807, 2.05) is 44.5 Å². The van der Waals surface area contributed by atoms with Crippen molar-refractivity contribution >= 4 is 27.5 Å². The Hall–Kier alpha value is -1.82. The fourth-order valence-corrected chi connectivity index (χ4v) is 2.84. The summed E-state index contributed by atoms with van der Waals surface area (Å²) in [6.45, 7) is 5.58. The molecule has 0 aliphatic carbocycles. The minimum atomic E-state index is -0.488. The van der Waals surface area contributed by atoms with E-state index in [9.17, 15) is 4.79 Å². The number of carbonyl (C=O) groups excluding carboxylic acids is 1. The second-order valence-electron chi connectivity index (χ2n) is 5.79. The van der Waals surface area contributed by atoms with Crippen molar-refractivity contribution in [2.24, 2.45) is 17.5 Å². The monoisotopic (exact) mass is 308 g/mol. The first-order chi connectivity index (χ1) is 9.77. The van der Waals surface area contributed by atoms with E-state index in [1.165, 1.54) is 11.3 Å². The van der Waals surface area contributed by atoms with E-state index >= 15 is 0 Å². The highest BCUT2D eigenvalue weighted by Gasteiger charge is 2.21. The first-order valence-corrected chi connectivity index (χ1v) is 7.40. The average Bonchev–Trinajstić information content (AvgIpc) is 2.72. The molecule has 0 saturated carbocycles. The summed E-state index contributed by atoms with van der Waals surface area (Å²) in [5.74, 6) is 1.19. The summed E-state index contributed by atoms with van der Waals surface area (Å²) < 4.78 is 13.5. The predicted octanol–water partition coefficient (Wildman–Crippen LogP) is 2.73. The minimum Gasteiger partial charge on any atom is -0.493 e. The normalized spacial score (nSPS) is 12.8. The van der Waals surface area contributed by atoms with Gasteiger partial charge in [0.2, 0.25) is 0 Å². The van der Waals surface area contributed by atoms with E-state index in [-0.39, 0.29) is 5.91 Å². The van der Waals surface area contributed by atoms with Crippen LogP contribution in [-0.4, -0.2) is 24.7 Å². The molecular weight excluding hydrogens is 288 g/mol. The van der Waals surface area contributed by atoms with Gasteiger partial charge in [0.1, 0.15) is 0 Å². The quantitative estimate of drug-likeness (QED) is 0.857. The number of rotatable bonds is 2. The molecule has 1 heterocycles. The molecule has 1 aromatic carbocycles. The number of methoxy groups -OCH3 is 2. The molecule has 2 aromatic rings. The highest BCUT2D eigenvalue weighted by atomic mass is 32.1. The van der Waals surface area contributed by atoms with Crippen LogP contribution >= 0.6 is 11.3 Å². The van der Waals surface area contributed by atoms with Crippen LogP contribution in [0.2, 0.25) is 0 Å². The number of aromatic nitrogens is 1. The van der Waals surface area contributed by atoms with Gasteiger partial charge in [-0.2, -0.15) is 4.99 Å². The summed E-state index contributed by atoms with van der Waals surface area (Å²) in [5.41, 5.74) is 0.469. The van der Waals surface area contributed by atoms with Gasteiger partial charge in [-0.05, 0) is 0 Å². The number of ether oxygens (including phenoxy) is 2. The molecular formula is C15H20N2O3S. The molecule has 6 heteroatoms. The Kier molecular flexibility index (Phi) is 4.09. The average molecular weight is 308 g/mol. The number of benzene rings is 1. The molecule has 0 radical (unpaired) electrons. The minimum absolute atomic E-state index is 0.136. The number of nitrogens with zero attached hydrogens (tertiary/aromatic N) is 2. The molecule has 0 fully saturated rings. The Bertz CT molecular complexity index is 751. The molecule has 0 atom stereocenters. The fourth-order valence-electron chi connectivity index (χ4n) is 1.82. The summed E-state index contributed by atoms with van der Waals surface area (Å²) in [6.07, 6.45) is 0. The van der Waals surface area contributed by atoms with Gasteiger partial charge in [-0.3, -0.25) is 4.79 Å². The van der Waals surface area contributed by atoms with E-state index in [4.69, 9.17) is 9.47 Å². The van der Waals surface area contributed by atoms with Gasteiger partial charge in [-0.15, -0.1) is 0 Å². The molecule has 0 saturated heterocycles. The zero-order valence-corrected chi connectivity index (χ0v) is 14.0. The van der Waals surface area contributed by atoms with Crippen LogP contribution < -0.4 is 14.3 Å². The first-order valence-electron chi connectivity index (χ1n) is 6.58. The third-order valence-electron chi connectivity index (χ3n) is 3.15.